The maximum atomic E-state index is 13.9. The number of piperidine rings is 1. The second-order valence-electron chi connectivity index (χ2n) is 7.88. The molecule has 2 heterocycles. The number of hydrogen-bond acceptors (Lipinski definition) is 4. The number of fused-ring (bicyclic) bond motifs is 1. The third-order valence-electron chi connectivity index (χ3n) is 5.85. The summed E-state index contributed by atoms with van der Waals surface area (Å²) in [7, 11) is 0. The molecule has 0 spiro atoms. The Kier molecular flexibility index (Phi) is 5.48. The van der Waals surface area contributed by atoms with Crippen molar-refractivity contribution in [3.63, 3.8) is 0 Å². The summed E-state index contributed by atoms with van der Waals surface area (Å²) >= 11 is 0. The van der Waals surface area contributed by atoms with Crippen LogP contribution in [0.25, 0.3) is 10.9 Å². The van der Waals surface area contributed by atoms with E-state index in [1.54, 1.807) is 22.8 Å². The van der Waals surface area contributed by atoms with Crippen molar-refractivity contribution in [2.75, 3.05) is 13.1 Å². The molecule has 6 heteroatoms. The molecule has 0 saturated carbocycles. The summed E-state index contributed by atoms with van der Waals surface area (Å²) in [6.07, 6.45) is 1.68. The zero-order valence-corrected chi connectivity index (χ0v) is 16.6. The molecule has 0 amide bonds. The van der Waals surface area contributed by atoms with E-state index in [1.165, 1.54) is 6.07 Å². The van der Waals surface area contributed by atoms with Gasteiger partial charge in [0.25, 0.3) is 5.56 Å². The van der Waals surface area contributed by atoms with Gasteiger partial charge >= 0.3 is 0 Å². The first kappa shape index (κ1) is 19.7. The average Bonchev–Trinajstić information content (AvgIpc) is 2.73. The van der Waals surface area contributed by atoms with E-state index in [0.717, 1.165) is 0 Å². The van der Waals surface area contributed by atoms with Gasteiger partial charge in [-0.05, 0) is 31.0 Å². The van der Waals surface area contributed by atoms with Crippen LogP contribution in [0.2, 0.25) is 0 Å². The van der Waals surface area contributed by atoms with Gasteiger partial charge in [-0.15, -0.1) is 0 Å². The van der Waals surface area contributed by atoms with E-state index in [2.05, 4.69) is 9.88 Å². The summed E-state index contributed by atoms with van der Waals surface area (Å²) in [5.74, 6) is 0.491. The second-order valence-corrected chi connectivity index (χ2v) is 7.88. The van der Waals surface area contributed by atoms with Gasteiger partial charge in [0.15, 0.2) is 0 Å². The molecule has 5 nitrogen and oxygen atoms in total. The van der Waals surface area contributed by atoms with Gasteiger partial charge in [-0.3, -0.25) is 14.3 Å². The van der Waals surface area contributed by atoms with E-state index in [9.17, 15) is 14.3 Å². The fourth-order valence-corrected chi connectivity index (χ4v) is 4.09. The number of benzene rings is 2. The fourth-order valence-electron chi connectivity index (χ4n) is 4.09. The van der Waals surface area contributed by atoms with Crippen molar-refractivity contribution in [1.82, 2.24) is 14.5 Å². The van der Waals surface area contributed by atoms with Gasteiger partial charge in [0.1, 0.15) is 11.6 Å². The Labute approximate surface area is 169 Å². The van der Waals surface area contributed by atoms with Crippen LogP contribution >= 0.6 is 0 Å². The fraction of sp³-hybridized carbons (Fsp3) is 0.391. The highest BCUT2D eigenvalue weighted by Crippen LogP contribution is 2.26. The van der Waals surface area contributed by atoms with Gasteiger partial charge in [-0.1, -0.05) is 37.3 Å². The molecule has 0 unspecified atom stereocenters. The monoisotopic (exact) mass is 395 g/mol. The van der Waals surface area contributed by atoms with Gasteiger partial charge < -0.3 is 5.11 Å². The lowest BCUT2D eigenvalue weighted by atomic mass is 9.90. The lowest BCUT2D eigenvalue weighted by Gasteiger charge is -2.38. The van der Waals surface area contributed by atoms with Gasteiger partial charge in [0.2, 0.25) is 0 Å². The minimum Gasteiger partial charge on any atom is -0.388 e. The molecule has 1 aliphatic rings. The Balaban J connectivity index is 1.51. The largest absolute Gasteiger partial charge is 0.388 e. The number of nitrogens with zero attached hydrogens (tertiary/aromatic N) is 3. The molecule has 0 aliphatic carbocycles. The molecule has 1 N–H and O–H groups in total. The first-order valence-electron chi connectivity index (χ1n) is 10.2. The molecule has 0 radical (unpaired) electrons. The number of rotatable bonds is 5. The maximum absolute atomic E-state index is 13.9. The zero-order chi connectivity index (χ0) is 20.4. The number of aliphatic hydroxyl groups is 1. The summed E-state index contributed by atoms with van der Waals surface area (Å²) in [6, 6.07) is 14.1. The molecule has 0 atom stereocenters. The lowest BCUT2D eigenvalue weighted by molar-refractivity contribution is -0.0371. The topological polar surface area (TPSA) is 58.4 Å². The highest BCUT2D eigenvalue weighted by molar-refractivity contribution is 5.77. The van der Waals surface area contributed by atoms with E-state index in [1.807, 2.05) is 31.2 Å². The lowest BCUT2D eigenvalue weighted by Crippen LogP contribution is -2.48. The van der Waals surface area contributed by atoms with Gasteiger partial charge in [0.05, 0.1) is 23.0 Å². The van der Waals surface area contributed by atoms with E-state index < -0.39 is 5.60 Å². The number of aromatic nitrogens is 2. The molecule has 152 valence electrons. The van der Waals surface area contributed by atoms with E-state index in [0.29, 0.717) is 61.2 Å². The Morgan fingerprint density at radius 3 is 2.52 bits per heavy atom. The highest BCUT2D eigenvalue weighted by atomic mass is 19.1. The van der Waals surface area contributed by atoms with Crippen LogP contribution in [0, 0.1) is 5.82 Å². The predicted molar refractivity (Wildman–Crippen MR) is 111 cm³/mol. The van der Waals surface area contributed by atoms with Crippen LogP contribution in [0.5, 0.6) is 0 Å². The van der Waals surface area contributed by atoms with E-state index in [-0.39, 0.29) is 17.9 Å². The third-order valence-corrected chi connectivity index (χ3v) is 5.85. The first-order valence-corrected chi connectivity index (χ1v) is 10.2. The van der Waals surface area contributed by atoms with E-state index >= 15 is 0 Å². The molecule has 1 fully saturated rings. The van der Waals surface area contributed by atoms with Crippen LogP contribution in [0.1, 0.15) is 31.2 Å². The summed E-state index contributed by atoms with van der Waals surface area (Å²) in [6.45, 7) is 4.04. The van der Waals surface area contributed by atoms with Crippen LogP contribution < -0.4 is 5.56 Å². The molecule has 1 saturated heterocycles. The number of halogens is 1. The minimum absolute atomic E-state index is 0.102. The maximum Gasteiger partial charge on any atom is 0.261 e. The normalized spacial score (nSPS) is 16.9. The van der Waals surface area contributed by atoms with Crippen LogP contribution in [-0.2, 0) is 19.5 Å². The standard InChI is InChI=1S/C23H26FN3O2/c1-2-21-25-20-10-6-4-8-18(20)22(28)27(21)16-23(29)11-13-26(14-12-23)15-17-7-3-5-9-19(17)24/h3-10,29H,2,11-16H2,1H3. The van der Waals surface area contributed by atoms with Crippen LogP contribution in [0.15, 0.2) is 53.3 Å². The van der Waals surface area contributed by atoms with E-state index in [4.69, 9.17) is 0 Å². The predicted octanol–water partition coefficient (Wildman–Crippen LogP) is 3.13. The molecular formula is C23H26FN3O2. The SMILES string of the molecule is CCc1nc2ccccc2c(=O)n1CC1(O)CCN(Cc2ccccc2F)CC1. The Morgan fingerprint density at radius 2 is 1.79 bits per heavy atom. The number of likely N-dealkylation sites (tertiary alicyclic amines) is 1. The summed E-state index contributed by atoms with van der Waals surface area (Å²) in [5.41, 5.74) is 0.289. The Morgan fingerprint density at radius 1 is 1.10 bits per heavy atom. The molecule has 0 bridgehead atoms. The summed E-state index contributed by atoms with van der Waals surface area (Å²) in [5, 5.41) is 11.8. The Hall–Kier alpha value is -2.57. The molecule has 3 aromatic rings. The molecule has 4 rings (SSSR count). The average molecular weight is 395 g/mol. The zero-order valence-electron chi connectivity index (χ0n) is 16.6. The quantitative estimate of drug-likeness (QED) is 0.721. The second kappa shape index (κ2) is 8.05. The highest BCUT2D eigenvalue weighted by Gasteiger charge is 2.34. The van der Waals surface area contributed by atoms with Crippen molar-refractivity contribution >= 4 is 10.9 Å². The van der Waals surface area contributed by atoms with Crippen molar-refractivity contribution in [3.8, 4) is 0 Å². The summed E-state index contributed by atoms with van der Waals surface area (Å²) < 4.78 is 15.6. The first-order chi connectivity index (χ1) is 14.0. The third kappa shape index (κ3) is 4.09. The van der Waals surface area contributed by atoms with Gasteiger partial charge in [-0.2, -0.15) is 0 Å². The molecule has 2 aromatic carbocycles. The molecule has 29 heavy (non-hydrogen) atoms. The Bertz CT molecular complexity index is 1070. The van der Waals surface area contributed by atoms with Crippen LogP contribution in [0.4, 0.5) is 4.39 Å². The van der Waals surface area contributed by atoms with Crippen LogP contribution in [0.3, 0.4) is 0 Å². The van der Waals surface area contributed by atoms with Gasteiger partial charge in [0, 0.05) is 31.6 Å². The molecule has 1 aliphatic heterocycles. The summed E-state index contributed by atoms with van der Waals surface area (Å²) in [4.78, 5) is 19.8. The molecule has 1 aromatic heterocycles. The van der Waals surface area contributed by atoms with Crippen molar-refractivity contribution in [3.05, 3.63) is 76.1 Å². The number of para-hydroxylation sites is 1. The van der Waals surface area contributed by atoms with Crippen molar-refractivity contribution in [2.45, 2.75) is 44.9 Å². The number of hydrogen-bond donors (Lipinski definition) is 1. The van der Waals surface area contributed by atoms with Crippen LogP contribution in [-0.4, -0.2) is 38.2 Å². The van der Waals surface area contributed by atoms with Crippen molar-refractivity contribution in [2.24, 2.45) is 0 Å². The van der Waals surface area contributed by atoms with Crippen molar-refractivity contribution < 1.29 is 9.50 Å². The minimum atomic E-state index is -0.969. The van der Waals surface area contributed by atoms with Gasteiger partial charge in [-0.25, -0.2) is 9.37 Å². The van der Waals surface area contributed by atoms with Crippen molar-refractivity contribution in [1.29, 1.82) is 0 Å². The number of aryl methyl sites for hydroxylation is 1. The molecular weight excluding hydrogens is 369 g/mol. The smallest absolute Gasteiger partial charge is 0.261 e.